The molecule has 0 radical (unpaired) electrons. The summed E-state index contributed by atoms with van der Waals surface area (Å²) in [5.41, 5.74) is 1.87. The molecule has 3 heterocycles. The zero-order valence-corrected chi connectivity index (χ0v) is 14.8. The van der Waals surface area contributed by atoms with Crippen LogP contribution in [0.5, 0.6) is 0 Å². The quantitative estimate of drug-likeness (QED) is 0.703. The van der Waals surface area contributed by atoms with Crippen LogP contribution < -0.4 is 0 Å². The Kier molecular flexibility index (Phi) is 3.46. The molecule has 5 rings (SSSR count). The molecule has 0 amide bonds. The van der Waals surface area contributed by atoms with Crippen LogP contribution in [0.1, 0.15) is 37.6 Å². The molecule has 0 atom stereocenters. The Hall–Kier alpha value is -2.54. The molecule has 1 aliphatic carbocycles. The molecule has 2 fully saturated rings. The number of benzene rings is 1. The fraction of sp³-hybridized carbons (Fsp3) is 0.474. The van der Waals surface area contributed by atoms with Gasteiger partial charge < -0.3 is 9.26 Å². The van der Waals surface area contributed by atoms with Gasteiger partial charge in [0, 0.05) is 5.41 Å². The number of rotatable bonds is 5. The minimum absolute atomic E-state index is 0.129. The molecule has 26 heavy (non-hydrogen) atoms. The first-order valence-corrected chi connectivity index (χ1v) is 9.05. The zero-order chi connectivity index (χ0) is 17.6. The van der Waals surface area contributed by atoms with E-state index < -0.39 is 0 Å². The second-order valence-corrected chi connectivity index (χ2v) is 7.83. The minimum atomic E-state index is -0.129. The van der Waals surface area contributed by atoms with Crippen molar-refractivity contribution in [2.45, 2.75) is 38.1 Å². The van der Waals surface area contributed by atoms with Crippen LogP contribution in [0.15, 0.2) is 41.1 Å². The van der Waals surface area contributed by atoms with Crippen LogP contribution in [0.2, 0.25) is 0 Å². The summed E-state index contributed by atoms with van der Waals surface area (Å²) < 4.78 is 12.7. The highest BCUT2D eigenvalue weighted by Gasteiger charge is 2.44. The van der Waals surface area contributed by atoms with Gasteiger partial charge in [0.1, 0.15) is 0 Å². The number of hydrogen-bond acceptors (Lipinski definition) is 6. The molecule has 0 spiro atoms. The molecule has 134 valence electrons. The second-order valence-electron chi connectivity index (χ2n) is 7.83. The fourth-order valence-electron chi connectivity index (χ4n) is 3.86. The lowest BCUT2D eigenvalue weighted by molar-refractivity contribution is -0.111. The highest BCUT2D eigenvalue weighted by Crippen LogP contribution is 2.47. The summed E-state index contributed by atoms with van der Waals surface area (Å²) >= 11 is 0. The van der Waals surface area contributed by atoms with E-state index in [1.165, 1.54) is 12.0 Å². The molecule has 0 unspecified atom stereocenters. The molecule has 1 saturated carbocycles. The van der Waals surface area contributed by atoms with E-state index >= 15 is 0 Å². The third-order valence-electron chi connectivity index (χ3n) is 5.59. The van der Waals surface area contributed by atoms with Crippen LogP contribution >= 0.6 is 0 Å². The zero-order valence-electron chi connectivity index (χ0n) is 14.8. The van der Waals surface area contributed by atoms with Gasteiger partial charge in [-0.1, -0.05) is 54.0 Å². The Morgan fingerprint density at radius 3 is 2.62 bits per heavy atom. The average Bonchev–Trinajstić information content (AvgIpc) is 3.23. The van der Waals surface area contributed by atoms with E-state index in [0.29, 0.717) is 11.6 Å². The van der Waals surface area contributed by atoms with Gasteiger partial charge in [-0.05, 0) is 18.4 Å². The SMILES string of the molecule is CC1(Cn2cc(-c3nc(C4(c5ccccc5)CCC4)no3)nn2)COC1. The van der Waals surface area contributed by atoms with Gasteiger partial charge in [0.25, 0.3) is 5.89 Å². The standard InChI is InChI=1S/C19H21N5O2/c1-18(12-25-13-18)11-24-10-15(21-23-24)16-20-17(22-26-16)19(8-5-9-19)14-6-3-2-4-7-14/h2-4,6-7,10H,5,8-9,11-13H2,1H3. The molecule has 0 N–H and O–H groups in total. The summed E-state index contributed by atoms with van der Waals surface area (Å²) in [5, 5.41) is 12.7. The largest absolute Gasteiger partial charge is 0.380 e. The summed E-state index contributed by atoms with van der Waals surface area (Å²) in [7, 11) is 0. The second kappa shape index (κ2) is 5.74. The smallest absolute Gasteiger partial charge is 0.280 e. The van der Waals surface area contributed by atoms with Crippen molar-refractivity contribution in [2.24, 2.45) is 5.41 Å². The van der Waals surface area contributed by atoms with Crippen LogP contribution in [0.25, 0.3) is 11.6 Å². The molecule has 7 nitrogen and oxygen atoms in total. The monoisotopic (exact) mass is 351 g/mol. The first-order chi connectivity index (χ1) is 12.7. The highest BCUT2D eigenvalue weighted by molar-refractivity contribution is 5.45. The van der Waals surface area contributed by atoms with Crippen molar-refractivity contribution in [3.05, 3.63) is 47.9 Å². The summed E-state index contributed by atoms with van der Waals surface area (Å²) in [5.74, 6) is 1.18. The maximum absolute atomic E-state index is 5.54. The van der Waals surface area contributed by atoms with E-state index in [-0.39, 0.29) is 10.8 Å². The predicted octanol–water partition coefficient (Wildman–Crippen LogP) is 2.83. The lowest BCUT2D eigenvalue weighted by atomic mass is 9.64. The minimum Gasteiger partial charge on any atom is -0.380 e. The predicted molar refractivity (Wildman–Crippen MR) is 93.3 cm³/mol. The average molecular weight is 351 g/mol. The Bertz CT molecular complexity index is 909. The summed E-state index contributed by atoms with van der Waals surface area (Å²) in [6, 6.07) is 10.4. The van der Waals surface area contributed by atoms with Crippen molar-refractivity contribution in [1.29, 1.82) is 0 Å². The van der Waals surface area contributed by atoms with Gasteiger partial charge in [0.15, 0.2) is 11.5 Å². The van der Waals surface area contributed by atoms with Crippen LogP contribution in [-0.2, 0) is 16.7 Å². The fourth-order valence-corrected chi connectivity index (χ4v) is 3.86. The van der Waals surface area contributed by atoms with Crippen molar-refractivity contribution in [1.82, 2.24) is 25.1 Å². The number of nitrogens with zero attached hydrogens (tertiary/aromatic N) is 5. The lowest BCUT2D eigenvalue weighted by Crippen LogP contribution is -2.43. The Morgan fingerprint density at radius 2 is 1.96 bits per heavy atom. The maximum Gasteiger partial charge on any atom is 0.280 e. The molecule has 1 saturated heterocycles. The van der Waals surface area contributed by atoms with Crippen molar-refractivity contribution in [3.63, 3.8) is 0 Å². The Balaban J connectivity index is 1.41. The number of ether oxygens (including phenoxy) is 1. The van der Waals surface area contributed by atoms with E-state index in [1.807, 2.05) is 16.9 Å². The van der Waals surface area contributed by atoms with Crippen LogP contribution in [0.4, 0.5) is 0 Å². The molecular formula is C19H21N5O2. The molecule has 2 aromatic heterocycles. The van der Waals surface area contributed by atoms with Crippen LogP contribution in [-0.4, -0.2) is 38.3 Å². The van der Waals surface area contributed by atoms with Gasteiger partial charge in [0.2, 0.25) is 0 Å². The van der Waals surface area contributed by atoms with Crippen molar-refractivity contribution in [3.8, 4) is 11.6 Å². The summed E-state index contributed by atoms with van der Waals surface area (Å²) in [6.07, 6.45) is 5.13. The number of hydrogen-bond donors (Lipinski definition) is 0. The number of aromatic nitrogens is 5. The Morgan fingerprint density at radius 1 is 1.15 bits per heavy atom. The molecule has 7 heteroatoms. The normalized spacial score (nSPS) is 20.3. The van der Waals surface area contributed by atoms with Gasteiger partial charge in [-0.25, -0.2) is 0 Å². The van der Waals surface area contributed by atoms with E-state index in [4.69, 9.17) is 9.26 Å². The topological polar surface area (TPSA) is 78.9 Å². The van der Waals surface area contributed by atoms with Gasteiger partial charge >= 0.3 is 0 Å². The third kappa shape index (κ3) is 2.46. The Labute approximate surface area is 151 Å². The summed E-state index contributed by atoms with van der Waals surface area (Å²) in [6.45, 7) is 4.47. The first-order valence-electron chi connectivity index (χ1n) is 9.05. The van der Waals surface area contributed by atoms with Gasteiger partial charge in [0.05, 0.1) is 31.4 Å². The maximum atomic E-state index is 5.54. The molecular weight excluding hydrogens is 330 g/mol. The summed E-state index contributed by atoms with van der Waals surface area (Å²) in [4.78, 5) is 4.68. The first kappa shape index (κ1) is 15.7. The van der Waals surface area contributed by atoms with Gasteiger partial charge in [-0.3, -0.25) is 4.68 Å². The molecule has 1 aromatic carbocycles. The van der Waals surface area contributed by atoms with Crippen LogP contribution in [0.3, 0.4) is 0 Å². The van der Waals surface area contributed by atoms with Gasteiger partial charge in [-0.2, -0.15) is 4.98 Å². The van der Waals surface area contributed by atoms with E-state index in [0.717, 1.165) is 38.4 Å². The molecule has 1 aliphatic heterocycles. The van der Waals surface area contributed by atoms with Gasteiger partial charge in [-0.15, -0.1) is 5.10 Å². The van der Waals surface area contributed by atoms with E-state index in [9.17, 15) is 0 Å². The molecule has 3 aromatic rings. The molecule has 2 aliphatic rings. The van der Waals surface area contributed by atoms with E-state index in [1.54, 1.807) is 0 Å². The van der Waals surface area contributed by atoms with Crippen molar-refractivity contribution < 1.29 is 9.26 Å². The third-order valence-corrected chi connectivity index (χ3v) is 5.59. The molecule has 0 bridgehead atoms. The van der Waals surface area contributed by atoms with E-state index in [2.05, 4.69) is 51.6 Å². The van der Waals surface area contributed by atoms with Crippen molar-refractivity contribution in [2.75, 3.05) is 13.2 Å². The van der Waals surface area contributed by atoms with Crippen molar-refractivity contribution >= 4 is 0 Å². The lowest BCUT2D eigenvalue weighted by Gasteiger charge is -2.39. The van der Waals surface area contributed by atoms with Crippen LogP contribution in [0, 0.1) is 5.41 Å². The highest BCUT2D eigenvalue weighted by atomic mass is 16.5.